The quantitative estimate of drug-likeness (QED) is 0.349. The molecule has 2 rings (SSSR count). The van der Waals surface area contributed by atoms with Crippen LogP contribution in [0.2, 0.25) is 0 Å². The van der Waals surface area contributed by atoms with E-state index in [-0.39, 0.29) is 0 Å². The fourth-order valence-electron chi connectivity index (χ4n) is 1.54. The van der Waals surface area contributed by atoms with Crippen LogP contribution >= 0.6 is 0 Å². The van der Waals surface area contributed by atoms with Gasteiger partial charge >= 0.3 is 7.27 Å². The average Bonchev–Trinajstić information content (AvgIpc) is 2.52. The molecular weight excluding hydrogens is 326 g/mol. The van der Waals surface area contributed by atoms with Crippen molar-refractivity contribution in [2.45, 2.75) is 0 Å². The lowest BCUT2D eigenvalue weighted by atomic mass is 9.84. The molecule has 0 fully saturated rings. The summed E-state index contributed by atoms with van der Waals surface area (Å²) in [6.07, 6.45) is 0. The molecule has 2 aromatic carbocycles. The van der Waals surface area contributed by atoms with Crippen molar-refractivity contribution in [3.63, 3.8) is 0 Å². The van der Waals surface area contributed by atoms with E-state index in [9.17, 15) is 30.6 Å². The van der Waals surface area contributed by atoms with Gasteiger partial charge in [0.15, 0.2) is 29.1 Å². The molecule has 0 spiro atoms. The van der Waals surface area contributed by atoms with Gasteiger partial charge in [-0.1, -0.05) is 18.2 Å². The number of hydrogen-bond acceptors (Lipinski definition) is 1. The number of rotatable bonds is 2. The van der Waals surface area contributed by atoms with Gasteiger partial charge in [-0.3, -0.25) is 8.63 Å². The number of para-hydroxylation sites is 1. The highest BCUT2D eigenvalue weighted by molar-refractivity contribution is 6.60. The first-order valence-electron chi connectivity index (χ1n) is 6.20. The van der Waals surface area contributed by atoms with E-state index in [0.29, 0.717) is 0 Å². The third-order valence-corrected chi connectivity index (χ3v) is 2.73. The summed E-state index contributed by atoms with van der Waals surface area (Å²) in [6, 6.07) is 10.3. The van der Waals surface area contributed by atoms with Crippen LogP contribution in [0.1, 0.15) is 0 Å². The Labute approximate surface area is 128 Å². The molecule has 0 unspecified atom stereocenters. The van der Waals surface area contributed by atoms with Gasteiger partial charge in [0, 0.05) is 19.8 Å². The normalized spacial score (nSPS) is 9.96. The van der Waals surface area contributed by atoms with Crippen LogP contribution in [0.5, 0.6) is 0 Å². The second-order valence-corrected chi connectivity index (χ2v) is 4.51. The van der Waals surface area contributed by atoms with E-state index in [1.807, 2.05) is 32.3 Å². The smallest absolute Gasteiger partial charge is 0.378 e. The maximum Gasteiger partial charge on any atom is 0.578 e. The summed E-state index contributed by atoms with van der Waals surface area (Å²) in [6.45, 7) is 0. The molecule has 0 saturated carbocycles. The third kappa shape index (κ3) is 4.40. The van der Waals surface area contributed by atoms with Crippen LogP contribution in [0.25, 0.3) is 0 Å². The number of benzene rings is 2. The SMILES string of the molecule is CN(C)c1ccccc1.FB(F)c1c(F)c(F)c(F)c(F)c1F. The summed E-state index contributed by atoms with van der Waals surface area (Å²) in [5.74, 6) is -12.2. The van der Waals surface area contributed by atoms with E-state index in [4.69, 9.17) is 0 Å². The topological polar surface area (TPSA) is 3.24 Å². The standard InChI is InChI=1S/C8H11N.C6BF7/c1-9(2)8-6-4-3-5-7-8;8-2-1(7(13)14)3(9)5(11)6(12)4(2)10/h3-7H,1-2H3;. The van der Waals surface area contributed by atoms with Crippen molar-refractivity contribution >= 4 is 18.4 Å². The Morgan fingerprint density at radius 2 is 1.09 bits per heavy atom. The first-order chi connectivity index (χ1) is 10.7. The Bertz CT molecular complexity index is 633. The Kier molecular flexibility index (Phi) is 6.47. The highest BCUT2D eigenvalue weighted by Crippen LogP contribution is 2.17. The van der Waals surface area contributed by atoms with Crippen LogP contribution < -0.4 is 10.4 Å². The molecule has 124 valence electrons. The molecule has 0 amide bonds. The van der Waals surface area contributed by atoms with E-state index in [1.165, 1.54) is 5.69 Å². The van der Waals surface area contributed by atoms with Crippen molar-refractivity contribution in [1.29, 1.82) is 0 Å². The largest absolute Gasteiger partial charge is 0.578 e. The summed E-state index contributed by atoms with van der Waals surface area (Å²) in [4.78, 5) is 2.08. The molecule has 0 saturated heterocycles. The van der Waals surface area contributed by atoms with E-state index in [0.717, 1.165) is 0 Å². The molecule has 0 aliphatic rings. The Morgan fingerprint density at radius 1 is 0.696 bits per heavy atom. The molecule has 0 aliphatic heterocycles. The van der Waals surface area contributed by atoms with E-state index < -0.39 is 41.8 Å². The van der Waals surface area contributed by atoms with Crippen molar-refractivity contribution in [2.75, 3.05) is 19.0 Å². The third-order valence-electron chi connectivity index (χ3n) is 2.73. The minimum atomic E-state index is -3.76. The predicted molar refractivity (Wildman–Crippen MR) is 74.6 cm³/mol. The van der Waals surface area contributed by atoms with E-state index in [2.05, 4.69) is 17.0 Å². The number of halogens is 7. The van der Waals surface area contributed by atoms with Crippen LogP contribution in [0.3, 0.4) is 0 Å². The van der Waals surface area contributed by atoms with Crippen molar-refractivity contribution < 1.29 is 30.6 Å². The van der Waals surface area contributed by atoms with Crippen LogP contribution in [0.15, 0.2) is 30.3 Å². The van der Waals surface area contributed by atoms with Crippen LogP contribution in [-0.4, -0.2) is 21.4 Å². The minimum Gasteiger partial charge on any atom is -0.378 e. The first-order valence-corrected chi connectivity index (χ1v) is 6.20. The summed E-state index contributed by atoms with van der Waals surface area (Å²) in [5.41, 5.74) is -0.862. The summed E-state index contributed by atoms with van der Waals surface area (Å²) >= 11 is 0. The summed E-state index contributed by atoms with van der Waals surface area (Å²) in [7, 11) is 0.310. The van der Waals surface area contributed by atoms with Crippen LogP contribution in [-0.2, 0) is 0 Å². The van der Waals surface area contributed by atoms with Gasteiger partial charge in [-0.2, -0.15) is 0 Å². The minimum absolute atomic E-state index is 1.25. The van der Waals surface area contributed by atoms with Gasteiger partial charge in [0.05, 0.1) is 5.46 Å². The van der Waals surface area contributed by atoms with E-state index in [1.54, 1.807) is 0 Å². The predicted octanol–water partition coefficient (Wildman–Crippen LogP) is 3.77. The van der Waals surface area contributed by atoms with Crippen molar-refractivity contribution in [1.82, 2.24) is 0 Å². The summed E-state index contributed by atoms with van der Waals surface area (Å²) in [5, 5.41) is 0. The van der Waals surface area contributed by atoms with Crippen LogP contribution in [0, 0.1) is 29.1 Å². The summed E-state index contributed by atoms with van der Waals surface area (Å²) < 4.78 is 85.4. The van der Waals surface area contributed by atoms with Crippen molar-refractivity contribution in [3.8, 4) is 0 Å². The molecule has 9 heteroatoms. The first kappa shape index (κ1) is 18.9. The zero-order chi connectivity index (χ0) is 17.7. The van der Waals surface area contributed by atoms with Gasteiger partial charge in [0.2, 0.25) is 0 Å². The van der Waals surface area contributed by atoms with Crippen molar-refractivity contribution in [3.05, 3.63) is 59.4 Å². The van der Waals surface area contributed by atoms with Gasteiger partial charge in [0.25, 0.3) is 0 Å². The molecule has 2 aromatic rings. The number of anilines is 1. The molecular formula is C14H11BF7N. The zero-order valence-electron chi connectivity index (χ0n) is 12.1. The monoisotopic (exact) mass is 337 g/mol. The van der Waals surface area contributed by atoms with Crippen LogP contribution in [0.4, 0.5) is 36.3 Å². The Hall–Kier alpha value is -2.19. The molecule has 0 N–H and O–H groups in total. The lowest BCUT2D eigenvalue weighted by molar-refractivity contribution is 0.382. The fourth-order valence-corrected chi connectivity index (χ4v) is 1.54. The molecule has 0 heterocycles. The maximum absolute atomic E-state index is 12.5. The average molecular weight is 337 g/mol. The fraction of sp³-hybridized carbons (Fsp3) is 0.143. The molecule has 0 radical (unpaired) electrons. The molecule has 23 heavy (non-hydrogen) atoms. The zero-order valence-corrected chi connectivity index (χ0v) is 12.1. The number of nitrogens with zero attached hydrogens (tertiary/aromatic N) is 1. The van der Waals surface area contributed by atoms with Gasteiger partial charge in [-0.05, 0) is 12.1 Å². The lowest BCUT2D eigenvalue weighted by Crippen LogP contribution is -2.31. The molecule has 0 bridgehead atoms. The molecule has 1 nitrogen and oxygen atoms in total. The second kappa shape index (κ2) is 7.89. The lowest BCUT2D eigenvalue weighted by Gasteiger charge is -2.10. The van der Waals surface area contributed by atoms with E-state index >= 15 is 0 Å². The maximum atomic E-state index is 12.5. The highest BCUT2D eigenvalue weighted by atomic mass is 19.2. The van der Waals surface area contributed by atoms with Crippen molar-refractivity contribution in [2.24, 2.45) is 0 Å². The highest BCUT2D eigenvalue weighted by Gasteiger charge is 2.34. The van der Waals surface area contributed by atoms with Gasteiger partial charge in [-0.15, -0.1) is 0 Å². The van der Waals surface area contributed by atoms with Gasteiger partial charge in [0.1, 0.15) is 0 Å². The number of hydrogen-bond donors (Lipinski definition) is 0. The molecule has 0 atom stereocenters. The molecule has 0 aromatic heterocycles. The van der Waals surface area contributed by atoms with Gasteiger partial charge in [-0.25, -0.2) is 22.0 Å². The molecule has 0 aliphatic carbocycles. The Morgan fingerprint density at radius 3 is 1.39 bits per heavy atom. The second-order valence-electron chi connectivity index (χ2n) is 4.51. The Balaban J connectivity index is 0.000000253. The van der Waals surface area contributed by atoms with Gasteiger partial charge < -0.3 is 4.90 Å².